The molecule has 4 heteroatoms. The summed E-state index contributed by atoms with van der Waals surface area (Å²) >= 11 is 9.49. The predicted molar refractivity (Wildman–Crippen MR) is 78.2 cm³/mol. The normalized spacial score (nSPS) is 12.2. The van der Waals surface area contributed by atoms with Crippen LogP contribution in [0.2, 0.25) is 5.02 Å². The highest BCUT2D eigenvalue weighted by atomic mass is 79.9. The lowest BCUT2D eigenvalue weighted by Crippen LogP contribution is -2.12. The summed E-state index contributed by atoms with van der Waals surface area (Å²) in [6, 6.07) is 13.1. The lowest BCUT2D eigenvalue weighted by molar-refractivity contribution is 0.414. The summed E-state index contributed by atoms with van der Waals surface area (Å²) in [6.45, 7) is 0. The Kier molecular flexibility index (Phi) is 4.27. The predicted octanol–water partition coefficient (Wildman–Crippen LogP) is 4.16. The van der Waals surface area contributed by atoms with Crippen LogP contribution in [0, 0.1) is 0 Å². The maximum Gasteiger partial charge on any atom is 0.118 e. The maximum absolute atomic E-state index is 6.25. The Balaban J connectivity index is 2.34. The lowest BCUT2D eigenvalue weighted by atomic mass is 10.00. The fraction of sp³-hybridized carbons (Fsp3) is 0.143. The van der Waals surface area contributed by atoms with E-state index in [4.69, 9.17) is 22.1 Å². The van der Waals surface area contributed by atoms with Crippen LogP contribution in [0.5, 0.6) is 5.75 Å². The Morgan fingerprint density at radius 2 is 1.83 bits per heavy atom. The highest BCUT2D eigenvalue weighted by molar-refractivity contribution is 9.10. The second-order valence-electron chi connectivity index (χ2n) is 3.92. The zero-order valence-corrected chi connectivity index (χ0v) is 12.2. The highest BCUT2D eigenvalue weighted by Crippen LogP contribution is 2.30. The van der Waals surface area contributed by atoms with Crippen molar-refractivity contribution in [1.29, 1.82) is 0 Å². The average Bonchev–Trinajstić information content (AvgIpc) is 2.41. The highest BCUT2D eigenvalue weighted by Gasteiger charge is 2.12. The molecule has 0 aliphatic rings. The van der Waals surface area contributed by atoms with E-state index < -0.39 is 0 Å². The summed E-state index contributed by atoms with van der Waals surface area (Å²) in [5, 5.41) is 0.678. The minimum absolute atomic E-state index is 0.219. The van der Waals surface area contributed by atoms with Gasteiger partial charge in [-0.25, -0.2) is 0 Å². The van der Waals surface area contributed by atoms with E-state index in [2.05, 4.69) is 15.9 Å². The van der Waals surface area contributed by atoms with Crippen molar-refractivity contribution in [3.63, 3.8) is 0 Å². The molecule has 2 aromatic carbocycles. The third kappa shape index (κ3) is 2.86. The van der Waals surface area contributed by atoms with E-state index in [0.29, 0.717) is 5.02 Å². The number of hydrogen-bond acceptors (Lipinski definition) is 2. The fourth-order valence-corrected chi connectivity index (χ4v) is 2.42. The molecule has 0 spiro atoms. The molecule has 18 heavy (non-hydrogen) atoms. The summed E-state index contributed by atoms with van der Waals surface area (Å²) in [4.78, 5) is 0. The van der Waals surface area contributed by atoms with E-state index in [1.807, 2.05) is 42.5 Å². The van der Waals surface area contributed by atoms with Crippen LogP contribution >= 0.6 is 27.5 Å². The molecule has 2 aromatic rings. The van der Waals surface area contributed by atoms with Crippen LogP contribution in [0.15, 0.2) is 46.9 Å². The number of halogens is 2. The number of rotatable bonds is 3. The fourth-order valence-electron chi connectivity index (χ4n) is 1.74. The van der Waals surface area contributed by atoms with Crippen LogP contribution in [0.1, 0.15) is 17.2 Å². The summed E-state index contributed by atoms with van der Waals surface area (Å²) in [7, 11) is 1.64. The molecule has 0 amide bonds. The van der Waals surface area contributed by atoms with Gasteiger partial charge in [-0.1, -0.05) is 39.7 Å². The Bertz CT molecular complexity index is 542. The summed E-state index contributed by atoms with van der Waals surface area (Å²) in [5.41, 5.74) is 8.23. The smallest absolute Gasteiger partial charge is 0.118 e. The van der Waals surface area contributed by atoms with Crippen molar-refractivity contribution in [3.8, 4) is 5.75 Å². The third-order valence-electron chi connectivity index (χ3n) is 2.77. The number of hydrogen-bond donors (Lipinski definition) is 1. The van der Waals surface area contributed by atoms with Gasteiger partial charge in [0.1, 0.15) is 5.75 Å². The van der Waals surface area contributed by atoms with Gasteiger partial charge in [0.25, 0.3) is 0 Å². The topological polar surface area (TPSA) is 35.2 Å². The summed E-state index contributed by atoms with van der Waals surface area (Å²) in [5.74, 6) is 0.816. The van der Waals surface area contributed by atoms with Crippen molar-refractivity contribution < 1.29 is 4.74 Å². The van der Waals surface area contributed by atoms with Crippen molar-refractivity contribution in [2.75, 3.05) is 7.11 Å². The van der Waals surface area contributed by atoms with E-state index in [9.17, 15) is 0 Å². The van der Waals surface area contributed by atoms with Crippen LogP contribution in [0.25, 0.3) is 0 Å². The van der Waals surface area contributed by atoms with Gasteiger partial charge in [0.15, 0.2) is 0 Å². The first kappa shape index (κ1) is 13.4. The van der Waals surface area contributed by atoms with Crippen molar-refractivity contribution in [2.45, 2.75) is 6.04 Å². The van der Waals surface area contributed by atoms with Gasteiger partial charge in [-0.15, -0.1) is 0 Å². The summed E-state index contributed by atoms with van der Waals surface area (Å²) in [6.07, 6.45) is 0. The molecule has 2 N–H and O–H groups in total. The second kappa shape index (κ2) is 5.74. The van der Waals surface area contributed by atoms with Gasteiger partial charge in [0, 0.05) is 9.50 Å². The molecule has 0 fully saturated rings. The van der Waals surface area contributed by atoms with Gasteiger partial charge < -0.3 is 10.5 Å². The van der Waals surface area contributed by atoms with Crippen LogP contribution in [0.4, 0.5) is 0 Å². The van der Waals surface area contributed by atoms with Crippen LogP contribution in [-0.2, 0) is 0 Å². The molecular formula is C14H13BrClNO. The first-order valence-corrected chi connectivity index (χ1v) is 6.63. The molecular weight excluding hydrogens is 314 g/mol. The average molecular weight is 327 g/mol. The monoisotopic (exact) mass is 325 g/mol. The number of methoxy groups -OCH3 is 1. The van der Waals surface area contributed by atoms with E-state index in [1.165, 1.54) is 0 Å². The number of benzene rings is 2. The Hall–Kier alpha value is -1.03. The first-order valence-electron chi connectivity index (χ1n) is 5.46. The van der Waals surface area contributed by atoms with Crippen molar-refractivity contribution >= 4 is 27.5 Å². The van der Waals surface area contributed by atoms with Gasteiger partial charge in [0.05, 0.1) is 13.2 Å². The Morgan fingerprint density at radius 3 is 2.44 bits per heavy atom. The van der Waals surface area contributed by atoms with E-state index in [-0.39, 0.29) is 6.04 Å². The molecule has 0 aromatic heterocycles. The molecule has 0 saturated carbocycles. The molecule has 94 valence electrons. The van der Waals surface area contributed by atoms with E-state index in [1.54, 1.807) is 7.11 Å². The van der Waals surface area contributed by atoms with Crippen molar-refractivity contribution in [1.82, 2.24) is 0 Å². The van der Waals surface area contributed by atoms with Crippen molar-refractivity contribution in [3.05, 3.63) is 63.1 Å². The van der Waals surface area contributed by atoms with Crippen LogP contribution < -0.4 is 10.5 Å². The number of ether oxygens (including phenoxy) is 1. The number of nitrogens with two attached hydrogens (primary N) is 1. The summed E-state index contributed by atoms with van der Waals surface area (Å²) < 4.78 is 6.08. The van der Waals surface area contributed by atoms with Crippen molar-refractivity contribution in [2.24, 2.45) is 5.73 Å². The zero-order chi connectivity index (χ0) is 13.1. The maximum atomic E-state index is 6.25. The zero-order valence-electron chi connectivity index (χ0n) is 9.86. The quantitative estimate of drug-likeness (QED) is 0.919. The van der Waals surface area contributed by atoms with Crippen LogP contribution in [0.3, 0.4) is 0 Å². The molecule has 2 nitrogen and oxygen atoms in total. The molecule has 0 heterocycles. The largest absolute Gasteiger partial charge is 0.497 e. The Morgan fingerprint density at radius 1 is 1.17 bits per heavy atom. The van der Waals surface area contributed by atoms with E-state index in [0.717, 1.165) is 21.3 Å². The third-order valence-corrected chi connectivity index (χ3v) is 3.73. The van der Waals surface area contributed by atoms with Gasteiger partial charge in [0.2, 0.25) is 0 Å². The SMILES string of the molecule is COc1ccc(C(N)c2cc(Cl)ccc2Br)cc1. The Labute approximate surface area is 120 Å². The minimum atomic E-state index is -0.219. The molecule has 0 bridgehead atoms. The minimum Gasteiger partial charge on any atom is -0.497 e. The molecule has 0 aliphatic heterocycles. The first-order chi connectivity index (χ1) is 8.61. The van der Waals surface area contributed by atoms with E-state index >= 15 is 0 Å². The molecule has 1 atom stereocenters. The molecule has 0 radical (unpaired) electrons. The van der Waals surface area contributed by atoms with Gasteiger partial charge in [-0.05, 0) is 41.5 Å². The molecule has 2 rings (SSSR count). The van der Waals surface area contributed by atoms with Crippen LogP contribution in [-0.4, -0.2) is 7.11 Å². The second-order valence-corrected chi connectivity index (χ2v) is 5.21. The van der Waals surface area contributed by atoms with Gasteiger partial charge in [-0.3, -0.25) is 0 Å². The van der Waals surface area contributed by atoms with Gasteiger partial charge >= 0.3 is 0 Å². The van der Waals surface area contributed by atoms with Gasteiger partial charge in [-0.2, -0.15) is 0 Å². The standard InChI is InChI=1S/C14H13BrClNO/c1-18-11-5-2-9(3-6-11)14(17)12-8-10(16)4-7-13(12)15/h2-8,14H,17H2,1H3. The lowest BCUT2D eigenvalue weighted by Gasteiger charge is -2.15. The molecule has 0 aliphatic carbocycles. The molecule has 1 unspecified atom stereocenters. The molecule has 0 saturated heterocycles.